The normalized spacial score (nSPS) is 18.3. The predicted molar refractivity (Wildman–Crippen MR) is 115 cm³/mol. The van der Waals surface area contributed by atoms with Gasteiger partial charge < -0.3 is 4.90 Å². The second kappa shape index (κ2) is 8.06. The molecule has 1 unspecified atom stereocenters. The molecule has 28 heavy (non-hydrogen) atoms. The van der Waals surface area contributed by atoms with Crippen LogP contribution in [-0.2, 0) is 6.42 Å². The van der Waals surface area contributed by atoms with Gasteiger partial charge in [0.25, 0.3) is 5.56 Å². The fourth-order valence-corrected chi connectivity index (χ4v) is 4.20. The van der Waals surface area contributed by atoms with Crippen molar-refractivity contribution in [1.82, 2.24) is 14.7 Å². The van der Waals surface area contributed by atoms with Gasteiger partial charge in [-0.1, -0.05) is 35.4 Å². The molecule has 0 aliphatic carbocycles. The van der Waals surface area contributed by atoms with Crippen molar-refractivity contribution in [3.8, 4) is 0 Å². The molecule has 1 saturated heterocycles. The Balaban J connectivity index is 1.82. The maximum atomic E-state index is 13.3. The summed E-state index contributed by atoms with van der Waals surface area (Å²) < 4.78 is 1.77. The minimum absolute atomic E-state index is 0.0319. The number of aromatic nitrogens is 2. The van der Waals surface area contributed by atoms with E-state index in [-0.39, 0.29) is 11.6 Å². The monoisotopic (exact) mass is 395 g/mol. The van der Waals surface area contributed by atoms with Crippen molar-refractivity contribution in [3.63, 3.8) is 0 Å². The third-order valence-electron chi connectivity index (χ3n) is 5.70. The van der Waals surface area contributed by atoms with Gasteiger partial charge >= 0.3 is 0 Å². The minimum atomic E-state index is 0.0319. The molecule has 1 atom stereocenters. The Bertz CT molecular complexity index is 1040. The van der Waals surface area contributed by atoms with Gasteiger partial charge in [0.1, 0.15) is 0 Å². The highest BCUT2D eigenvalue weighted by molar-refractivity contribution is 6.30. The molecule has 146 valence electrons. The summed E-state index contributed by atoms with van der Waals surface area (Å²) in [5.41, 5.74) is 3.27. The number of rotatable bonds is 3. The SMILES string of the molecule is Cc1ccc2c(=O)n(C3CCCN(C)CC3)nc(Cc3ccc(Cl)cc3)c2c1. The number of hydrogen-bond donors (Lipinski definition) is 0. The first-order valence-corrected chi connectivity index (χ1v) is 10.3. The summed E-state index contributed by atoms with van der Waals surface area (Å²) >= 11 is 6.04. The maximum absolute atomic E-state index is 13.3. The van der Waals surface area contributed by atoms with E-state index < -0.39 is 0 Å². The lowest BCUT2D eigenvalue weighted by Crippen LogP contribution is -2.29. The number of benzene rings is 2. The average molecular weight is 396 g/mol. The number of halogens is 1. The zero-order valence-electron chi connectivity index (χ0n) is 16.5. The van der Waals surface area contributed by atoms with Crippen molar-refractivity contribution in [3.05, 3.63) is 74.7 Å². The van der Waals surface area contributed by atoms with Crippen LogP contribution in [0.2, 0.25) is 5.02 Å². The molecule has 0 bridgehead atoms. The lowest BCUT2D eigenvalue weighted by Gasteiger charge is -2.19. The lowest BCUT2D eigenvalue weighted by atomic mass is 10.0. The van der Waals surface area contributed by atoms with E-state index in [4.69, 9.17) is 16.7 Å². The molecule has 4 nitrogen and oxygen atoms in total. The molecule has 0 spiro atoms. The summed E-state index contributed by atoms with van der Waals surface area (Å²) in [5, 5.41) is 7.36. The highest BCUT2D eigenvalue weighted by Crippen LogP contribution is 2.24. The number of likely N-dealkylation sites (tertiary alicyclic amines) is 1. The molecule has 0 amide bonds. The van der Waals surface area contributed by atoms with Crippen LogP contribution in [0.4, 0.5) is 0 Å². The Morgan fingerprint density at radius 3 is 2.64 bits per heavy atom. The van der Waals surface area contributed by atoms with Gasteiger partial charge in [-0.25, -0.2) is 4.68 Å². The van der Waals surface area contributed by atoms with Crippen molar-refractivity contribution >= 4 is 22.4 Å². The van der Waals surface area contributed by atoms with Gasteiger partial charge in [0.05, 0.1) is 17.1 Å². The lowest BCUT2D eigenvalue weighted by molar-refractivity contribution is 0.334. The third-order valence-corrected chi connectivity index (χ3v) is 5.96. The quantitative estimate of drug-likeness (QED) is 0.650. The van der Waals surface area contributed by atoms with E-state index in [1.54, 1.807) is 4.68 Å². The van der Waals surface area contributed by atoms with Crippen LogP contribution >= 0.6 is 11.6 Å². The van der Waals surface area contributed by atoms with Gasteiger partial charge in [-0.05, 0) is 76.2 Å². The Morgan fingerprint density at radius 1 is 1.07 bits per heavy atom. The van der Waals surface area contributed by atoms with Crippen molar-refractivity contribution in [1.29, 1.82) is 0 Å². The van der Waals surface area contributed by atoms with Crippen LogP contribution in [0.15, 0.2) is 47.3 Å². The zero-order chi connectivity index (χ0) is 19.7. The molecule has 4 rings (SSSR count). The van der Waals surface area contributed by atoms with Crippen LogP contribution in [-0.4, -0.2) is 34.8 Å². The first kappa shape index (κ1) is 19.2. The van der Waals surface area contributed by atoms with Gasteiger partial charge in [-0.15, -0.1) is 0 Å². The second-order valence-electron chi connectivity index (χ2n) is 7.94. The van der Waals surface area contributed by atoms with E-state index in [0.717, 1.165) is 65.0 Å². The van der Waals surface area contributed by atoms with Crippen molar-refractivity contribution in [2.75, 3.05) is 20.1 Å². The summed E-state index contributed by atoms with van der Waals surface area (Å²) in [5.74, 6) is 0. The van der Waals surface area contributed by atoms with Crippen LogP contribution in [0.25, 0.3) is 10.8 Å². The number of hydrogen-bond acceptors (Lipinski definition) is 3. The number of aryl methyl sites for hydroxylation is 1. The second-order valence-corrected chi connectivity index (χ2v) is 8.37. The van der Waals surface area contributed by atoms with Crippen LogP contribution in [0.1, 0.15) is 42.1 Å². The smallest absolute Gasteiger partial charge is 0.274 e. The average Bonchev–Trinajstić information content (AvgIpc) is 2.90. The molecule has 0 N–H and O–H groups in total. The molecule has 0 radical (unpaired) electrons. The Hall–Kier alpha value is -2.17. The van der Waals surface area contributed by atoms with Crippen LogP contribution in [0.3, 0.4) is 0 Å². The molecule has 1 aliphatic rings. The fourth-order valence-electron chi connectivity index (χ4n) is 4.08. The summed E-state index contributed by atoms with van der Waals surface area (Å²) in [7, 11) is 2.15. The third kappa shape index (κ3) is 3.98. The first-order valence-electron chi connectivity index (χ1n) is 9.96. The van der Waals surface area contributed by atoms with Crippen molar-refractivity contribution < 1.29 is 0 Å². The zero-order valence-corrected chi connectivity index (χ0v) is 17.2. The van der Waals surface area contributed by atoms with Gasteiger partial charge in [0, 0.05) is 16.8 Å². The molecule has 5 heteroatoms. The summed E-state index contributed by atoms with van der Waals surface area (Å²) in [6, 6.07) is 14.1. The minimum Gasteiger partial charge on any atom is -0.306 e. The standard InChI is InChI=1S/C23H26ClN3O/c1-16-5-10-20-21(14-16)22(15-17-6-8-18(24)9-7-17)25-27(23(20)28)19-4-3-12-26(2)13-11-19/h5-10,14,19H,3-4,11-13,15H2,1-2H3. The topological polar surface area (TPSA) is 38.1 Å². The van der Waals surface area contributed by atoms with E-state index >= 15 is 0 Å². The number of fused-ring (bicyclic) bond motifs is 1. The molecule has 1 fully saturated rings. The summed E-state index contributed by atoms with van der Waals surface area (Å²) in [4.78, 5) is 15.6. The van der Waals surface area contributed by atoms with Gasteiger partial charge in [-0.3, -0.25) is 4.79 Å². The van der Waals surface area contributed by atoms with Crippen molar-refractivity contribution in [2.45, 2.75) is 38.6 Å². The molecular formula is C23H26ClN3O. The maximum Gasteiger partial charge on any atom is 0.274 e. The van der Waals surface area contributed by atoms with E-state index in [2.05, 4.69) is 24.9 Å². The van der Waals surface area contributed by atoms with E-state index in [0.29, 0.717) is 6.42 Å². The molecule has 1 aliphatic heterocycles. The Morgan fingerprint density at radius 2 is 1.86 bits per heavy atom. The van der Waals surface area contributed by atoms with Gasteiger partial charge in [0.2, 0.25) is 0 Å². The largest absolute Gasteiger partial charge is 0.306 e. The van der Waals surface area contributed by atoms with E-state index in [1.165, 1.54) is 0 Å². The molecule has 2 aromatic carbocycles. The Kier molecular flexibility index (Phi) is 5.51. The van der Waals surface area contributed by atoms with Crippen LogP contribution in [0, 0.1) is 6.92 Å². The highest BCUT2D eigenvalue weighted by Gasteiger charge is 2.21. The number of nitrogens with zero attached hydrogens (tertiary/aromatic N) is 3. The molecule has 2 heterocycles. The molecular weight excluding hydrogens is 370 g/mol. The van der Waals surface area contributed by atoms with Crippen LogP contribution < -0.4 is 5.56 Å². The fraction of sp³-hybridized carbons (Fsp3) is 0.391. The molecule has 0 saturated carbocycles. The molecule has 3 aromatic rings. The van der Waals surface area contributed by atoms with Crippen LogP contribution in [0.5, 0.6) is 0 Å². The first-order chi connectivity index (χ1) is 13.5. The van der Waals surface area contributed by atoms with E-state index in [1.807, 2.05) is 36.4 Å². The predicted octanol–water partition coefficient (Wildman–Crippen LogP) is 4.61. The Labute approximate surface area is 170 Å². The summed E-state index contributed by atoms with van der Waals surface area (Å²) in [6.45, 7) is 4.13. The highest BCUT2D eigenvalue weighted by atomic mass is 35.5. The summed E-state index contributed by atoms with van der Waals surface area (Å²) in [6.07, 6.45) is 3.73. The van der Waals surface area contributed by atoms with Crippen molar-refractivity contribution in [2.24, 2.45) is 0 Å². The molecule has 1 aromatic heterocycles. The van der Waals surface area contributed by atoms with Gasteiger partial charge in [0.15, 0.2) is 0 Å². The van der Waals surface area contributed by atoms with E-state index in [9.17, 15) is 4.79 Å². The van der Waals surface area contributed by atoms with Gasteiger partial charge in [-0.2, -0.15) is 5.10 Å².